The maximum Gasteiger partial charge on any atom is 0.407 e. The van der Waals surface area contributed by atoms with Gasteiger partial charge in [0, 0.05) is 23.4 Å². The zero-order valence-electron chi connectivity index (χ0n) is 15.5. The second-order valence-corrected chi connectivity index (χ2v) is 7.69. The Morgan fingerprint density at radius 2 is 2.08 bits per heavy atom. The molecule has 1 atom stereocenters. The molecule has 1 aliphatic rings. The van der Waals surface area contributed by atoms with Crippen molar-refractivity contribution in [2.24, 2.45) is 5.92 Å². The minimum absolute atomic E-state index is 0.168. The summed E-state index contributed by atoms with van der Waals surface area (Å²) in [5.74, 6) is 7.08. The molecule has 0 aromatic heterocycles. The summed E-state index contributed by atoms with van der Waals surface area (Å²) in [6, 6.07) is 7.66. The van der Waals surface area contributed by atoms with E-state index in [1.165, 1.54) is 25.7 Å². The predicted octanol–water partition coefficient (Wildman–Crippen LogP) is 4.18. The molecule has 1 saturated carbocycles. The summed E-state index contributed by atoms with van der Waals surface area (Å²) >= 11 is 0. The van der Waals surface area contributed by atoms with Gasteiger partial charge in [-0.15, -0.1) is 0 Å². The first-order valence-electron chi connectivity index (χ1n) is 9.08. The summed E-state index contributed by atoms with van der Waals surface area (Å²) in [4.78, 5) is 11.6. The zero-order valence-corrected chi connectivity index (χ0v) is 15.5. The fraction of sp³-hybridized carbons (Fsp3) is 0.571. The molecular formula is C21H29NO3. The van der Waals surface area contributed by atoms with E-state index in [4.69, 9.17) is 4.74 Å². The SMILES string of the molecule is CC(C)(C)NC(=O)OCCC(O)c1cccc(C#CC2CCCC2)c1. The summed E-state index contributed by atoms with van der Waals surface area (Å²) in [6.45, 7) is 5.84. The number of amides is 1. The van der Waals surface area contributed by atoms with Gasteiger partial charge in [-0.05, 0) is 51.3 Å². The number of nitrogens with one attached hydrogen (secondary N) is 1. The van der Waals surface area contributed by atoms with Crippen molar-refractivity contribution in [3.8, 4) is 11.8 Å². The van der Waals surface area contributed by atoms with Crippen LogP contribution in [0.25, 0.3) is 0 Å². The number of aliphatic hydroxyl groups excluding tert-OH is 1. The molecule has 0 saturated heterocycles. The maximum absolute atomic E-state index is 11.6. The topological polar surface area (TPSA) is 58.6 Å². The number of carbonyl (C=O) groups is 1. The van der Waals surface area contributed by atoms with Crippen LogP contribution in [0.1, 0.15) is 70.1 Å². The Balaban J connectivity index is 1.84. The first kappa shape index (κ1) is 19.3. The summed E-state index contributed by atoms with van der Waals surface area (Å²) in [5.41, 5.74) is 1.40. The average Bonchev–Trinajstić information content (AvgIpc) is 3.05. The standard InChI is InChI=1S/C21H29NO3/c1-21(2,3)22-20(24)25-14-13-19(23)18-10-6-9-17(15-18)12-11-16-7-4-5-8-16/h6,9-10,15-16,19,23H,4-5,7-8,13-14H2,1-3H3,(H,22,24). The molecule has 0 bridgehead atoms. The molecule has 25 heavy (non-hydrogen) atoms. The van der Waals surface area contributed by atoms with Gasteiger partial charge in [0.1, 0.15) is 0 Å². The van der Waals surface area contributed by atoms with Gasteiger partial charge >= 0.3 is 6.09 Å². The van der Waals surface area contributed by atoms with Crippen LogP contribution in [0, 0.1) is 17.8 Å². The number of aliphatic hydroxyl groups is 1. The van der Waals surface area contributed by atoms with Crippen LogP contribution in [0.15, 0.2) is 24.3 Å². The number of benzene rings is 1. The molecule has 0 heterocycles. The van der Waals surface area contributed by atoms with Crippen molar-refractivity contribution in [1.29, 1.82) is 0 Å². The lowest BCUT2D eigenvalue weighted by Gasteiger charge is -2.20. The van der Waals surface area contributed by atoms with Crippen LogP contribution in [0.4, 0.5) is 4.79 Å². The van der Waals surface area contributed by atoms with Crippen molar-refractivity contribution >= 4 is 6.09 Å². The van der Waals surface area contributed by atoms with Crippen molar-refractivity contribution < 1.29 is 14.6 Å². The minimum atomic E-state index is -0.671. The van der Waals surface area contributed by atoms with Gasteiger partial charge < -0.3 is 15.2 Å². The summed E-state index contributed by atoms with van der Waals surface area (Å²) in [6.07, 6.45) is 4.18. The van der Waals surface area contributed by atoms with Crippen molar-refractivity contribution in [1.82, 2.24) is 5.32 Å². The number of hydrogen-bond donors (Lipinski definition) is 2. The second kappa shape index (κ2) is 8.92. The minimum Gasteiger partial charge on any atom is -0.449 e. The molecule has 0 radical (unpaired) electrons. The molecule has 2 rings (SSSR count). The third-order valence-corrected chi connectivity index (χ3v) is 4.15. The van der Waals surface area contributed by atoms with Crippen LogP contribution in [0.5, 0.6) is 0 Å². The lowest BCUT2D eigenvalue weighted by atomic mass is 10.0. The Morgan fingerprint density at radius 3 is 2.76 bits per heavy atom. The summed E-state index contributed by atoms with van der Waals surface area (Å²) in [5, 5.41) is 13.0. The highest BCUT2D eigenvalue weighted by Crippen LogP contribution is 2.24. The van der Waals surface area contributed by atoms with Gasteiger partial charge in [0.15, 0.2) is 0 Å². The molecule has 136 valence electrons. The van der Waals surface area contributed by atoms with Gasteiger partial charge in [0.25, 0.3) is 0 Å². The molecular weight excluding hydrogens is 314 g/mol. The van der Waals surface area contributed by atoms with E-state index in [0.29, 0.717) is 12.3 Å². The van der Waals surface area contributed by atoms with Crippen LogP contribution >= 0.6 is 0 Å². The normalized spacial score (nSPS) is 16.0. The number of alkyl carbamates (subject to hydrolysis) is 1. The largest absolute Gasteiger partial charge is 0.449 e. The quantitative estimate of drug-likeness (QED) is 0.807. The Kier molecular flexibility index (Phi) is 6.90. The highest BCUT2D eigenvalue weighted by Gasteiger charge is 2.15. The van der Waals surface area contributed by atoms with E-state index < -0.39 is 12.2 Å². The number of hydrogen-bond acceptors (Lipinski definition) is 3. The van der Waals surface area contributed by atoms with Crippen LogP contribution in [0.2, 0.25) is 0 Å². The van der Waals surface area contributed by atoms with Crippen molar-refractivity contribution in [3.63, 3.8) is 0 Å². The first-order chi connectivity index (χ1) is 11.8. The van der Waals surface area contributed by atoms with E-state index in [9.17, 15) is 9.90 Å². The van der Waals surface area contributed by atoms with E-state index in [-0.39, 0.29) is 12.1 Å². The summed E-state index contributed by atoms with van der Waals surface area (Å²) in [7, 11) is 0. The molecule has 1 fully saturated rings. The molecule has 1 amide bonds. The van der Waals surface area contributed by atoms with Gasteiger partial charge in [-0.1, -0.05) is 36.8 Å². The molecule has 1 aliphatic carbocycles. The zero-order chi connectivity index (χ0) is 18.3. The van der Waals surface area contributed by atoms with Gasteiger partial charge in [0.2, 0.25) is 0 Å². The van der Waals surface area contributed by atoms with Gasteiger partial charge in [-0.3, -0.25) is 0 Å². The van der Waals surface area contributed by atoms with Crippen molar-refractivity contribution in [2.45, 2.75) is 64.5 Å². The second-order valence-electron chi connectivity index (χ2n) is 7.69. The van der Waals surface area contributed by atoms with E-state index in [2.05, 4.69) is 17.2 Å². The molecule has 2 N–H and O–H groups in total. The monoisotopic (exact) mass is 343 g/mol. The van der Waals surface area contributed by atoms with E-state index in [1.807, 2.05) is 45.0 Å². The Bertz CT molecular complexity index is 631. The molecule has 4 heteroatoms. The Hall–Kier alpha value is -1.99. The van der Waals surface area contributed by atoms with E-state index in [0.717, 1.165) is 11.1 Å². The average molecular weight is 343 g/mol. The molecule has 0 spiro atoms. The van der Waals surface area contributed by atoms with Gasteiger partial charge in [-0.2, -0.15) is 0 Å². The van der Waals surface area contributed by atoms with Crippen molar-refractivity contribution in [2.75, 3.05) is 6.61 Å². The third kappa shape index (κ3) is 7.19. The molecule has 1 unspecified atom stereocenters. The molecule has 1 aromatic carbocycles. The fourth-order valence-corrected chi connectivity index (χ4v) is 2.85. The Labute approximate surface area is 151 Å². The van der Waals surface area contributed by atoms with Gasteiger partial charge in [0.05, 0.1) is 12.7 Å². The summed E-state index contributed by atoms with van der Waals surface area (Å²) < 4.78 is 5.12. The number of rotatable bonds is 4. The van der Waals surface area contributed by atoms with Crippen molar-refractivity contribution in [3.05, 3.63) is 35.4 Å². The third-order valence-electron chi connectivity index (χ3n) is 4.15. The lowest BCUT2D eigenvalue weighted by Crippen LogP contribution is -2.41. The van der Waals surface area contributed by atoms with Crippen LogP contribution in [-0.2, 0) is 4.74 Å². The molecule has 1 aromatic rings. The van der Waals surface area contributed by atoms with E-state index in [1.54, 1.807) is 0 Å². The Morgan fingerprint density at radius 1 is 1.36 bits per heavy atom. The smallest absolute Gasteiger partial charge is 0.407 e. The predicted molar refractivity (Wildman–Crippen MR) is 99.1 cm³/mol. The van der Waals surface area contributed by atoms with Crippen LogP contribution in [0.3, 0.4) is 0 Å². The fourth-order valence-electron chi connectivity index (χ4n) is 2.85. The molecule has 4 nitrogen and oxygen atoms in total. The van der Waals surface area contributed by atoms with Crippen LogP contribution < -0.4 is 5.32 Å². The van der Waals surface area contributed by atoms with E-state index >= 15 is 0 Å². The number of ether oxygens (including phenoxy) is 1. The molecule has 0 aliphatic heterocycles. The van der Waals surface area contributed by atoms with Crippen LogP contribution in [-0.4, -0.2) is 23.3 Å². The number of carbonyl (C=O) groups excluding carboxylic acids is 1. The maximum atomic E-state index is 11.6. The lowest BCUT2D eigenvalue weighted by molar-refractivity contribution is 0.101. The highest BCUT2D eigenvalue weighted by atomic mass is 16.5. The van der Waals surface area contributed by atoms with Gasteiger partial charge in [-0.25, -0.2) is 4.79 Å². The first-order valence-corrected chi connectivity index (χ1v) is 9.08. The highest BCUT2D eigenvalue weighted by molar-refractivity contribution is 5.68.